The van der Waals surface area contributed by atoms with Crippen LogP contribution in [-0.4, -0.2) is 33.0 Å². The largest absolute Gasteiger partial charge is 0.497 e. The zero-order valence-electron chi connectivity index (χ0n) is 11.5. The molecule has 1 aliphatic heterocycles. The maximum Gasteiger partial charge on any atom is 0.124 e. The second-order valence-electron chi connectivity index (χ2n) is 5.29. The highest BCUT2D eigenvalue weighted by Gasteiger charge is 2.32. The van der Waals surface area contributed by atoms with E-state index in [1.807, 2.05) is 12.1 Å². The summed E-state index contributed by atoms with van der Waals surface area (Å²) >= 11 is 0. The van der Waals surface area contributed by atoms with Crippen LogP contribution < -0.4 is 14.8 Å². The van der Waals surface area contributed by atoms with E-state index in [0.29, 0.717) is 18.2 Å². The fourth-order valence-electron chi connectivity index (χ4n) is 2.85. The highest BCUT2D eigenvalue weighted by molar-refractivity contribution is 5.43. The van der Waals surface area contributed by atoms with Gasteiger partial charge in [0.1, 0.15) is 11.5 Å². The number of rotatable bonds is 4. The smallest absolute Gasteiger partial charge is 0.124 e. The van der Waals surface area contributed by atoms with Gasteiger partial charge in [-0.15, -0.1) is 0 Å². The first-order valence-electron chi connectivity index (χ1n) is 6.89. The minimum absolute atomic E-state index is 0.363. The molecule has 3 rings (SSSR count). The standard InChI is InChI=1S/C15H21NO3/c1-17-11-3-4-15-13(9-11)14(5-6-19-15)16-10-7-12(8-10)18-2/h3-4,9-10,12,14,16H,5-8H2,1-2H3. The Morgan fingerprint density at radius 2 is 2.11 bits per heavy atom. The van der Waals surface area contributed by atoms with Crippen LogP contribution in [0.2, 0.25) is 0 Å². The van der Waals surface area contributed by atoms with Crippen LogP contribution in [0, 0.1) is 0 Å². The second-order valence-corrected chi connectivity index (χ2v) is 5.29. The van der Waals surface area contributed by atoms with Crippen molar-refractivity contribution in [3.63, 3.8) is 0 Å². The van der Waals surface area contributed by atoms with Crippen LogP contribution in [-0.2, 0) is 4.74 Å². The van der Waals surface area contributed by atoms with E-state index in [2.05, 4.69) is 11.4 Å². The predicted molar refractivity (Wildman–Crippen MR) is 72.8 cm³/mol. The molecular weight excluding hydrogens is 242 g/mol. The van der Waals surface area contributed by atoms with Gasteiger partial charge in [-0.1, -0.05) is 0 Å². The molecule has 1 atom stereocenters. The van der Waals surface area contributed by atoms with Gasteiger partial charge in [-0.3, -0.25) is 0 Å². The van der Waals surface area contributed by atoms with E-state index < -0.39 is 0 Å². The van der Waals surface area contributed by atoms with Crippen molar-refractivity contribution >= 4 is 0 Å². The molecule has 2 aliphatic rings. The molecule has 1 aliphatic carbocycles. The number of hydrogen-bond acceptors (Lipinski definition) is 4. The number of fused-ring (bicyclic) bond motifs is 1. The molecule has 4 nitrogen and oxygen atoms in total. The van der Waals surface area contributed by atoms with Gasteiger partial charge in [0.05, 0.1) is 19.8 Å². The Kier molecular flexibility index (Phi) is 3.62. The molecule has 104 valence electrons. The quantitative estimate of drug-likeness (QED) is 0.904. The molecule has 0 spiro atoms. The van der Waals surface area contributed by atoms with Crippen molar-refractivity contribution in [3.05, 3.63) is 23.8 Å². The maximum absolute atomic E-state index is 5.71. The number of ether oxygens (including phenoxy) is 3. The molecule has 1 saturated carbocycles. The minimum atomic E-state index is 0.363. The molecule has 0 aromatic heterocycles. The first-order chi connectivity index (χ1) is 9.30. The summed E-state index contributed by atoms with van der Waals surface area (Å²) in [6, 6.07) is 6.96. The zero-order chi connectivity index (χ0) is 13.2. The SMILES string of the molecule is COc1ccc2c(c1)C(NC1CC(OC)C1)CCO2. The Balaban J connectivity index is 1.71. The van der Waals surface area contributed by atoms with E-state index in [4.69, 9.17) is 14.2 Å². The molecule has 1 fully saturated rings. The predicted octanol–water partition coefficient (Wildman–Crippen LogP) is 2.29. The molecule has 0 saturated heterocycles. The maximum atomic E-state index is 5.71. The van der Waals surface area contributed by atoms with Crippen molar-refractivity contribution < 1.29 is 14.2 Å². The summed E-state index contributed by atoms with van der Waals surface area (Å²) in [5.74, 6) is 1.87. The fourth-order valence-corrected chi connectivity index (χ4v) is 2.85. The molecule has 0 bridgehead atoms. The Bertz CT molecular complexity index is 443. The number of benzene rings is 1. The molecule has 0 radical (unpaired) electrons. The fraction of sp³-hybridized carbons (Fsp3) is 0.600. The summed E-state index contributed by atoms with van der Waals surface area (Å²) in [4.78, 5) is 0. The Hall–Kier alpha value is -1.26. The van der Waals surface area contributed by atoms with Gasteiger partial charge in [-0.2, -0.15) is 0 Å². The van der Waals surface area contributed by atoms with Crippen LogP contribution in [0.25, 0.3) is 0 Å². The lowest BCUT2D eigenvalue weighted by Gasteiger charge is -2.39. The number of hydrogen-bond donors (Lipinski definition) is 1. The van der Waals surface area contributed by atoms with Crippen molar-refractivity contribution in [3.8, 4) is 11.5 Å². The average molecular weight is 263 g/mol. The molecule has 4 heteroatoms. The molecule has 1 aromatic rings. The number of nitrogens with one attached hydrogen (secondary N) is 1. The summed E-state index contributed by atoms with van der Waals surface area (Å²) in [6.45, 7) is 0.775. The summed E-state index contributed by atoms with van der Waals surface area (Å²) in [6.07, 6.45) is 3.65. The molecular formula is C15H21NO3. The van der Waals surface area contributed by atoms with E-state index in [1.54, 1.807) is 14.2 Å². The topological polar surface area (TPSA) is 39.7 Å². The molecule has 1 N–H and O–H groups in total. The van der Waals surface area contributed by atoms with Gasteiger partial charge in [0.25, 0.3) is 0 Å². The van der Waals surface area contributed by atoms with Gasteiger partial charge in [-0.25, -0.2) is 0 Å². The van der Waals surface area contributed by atoms with Gasteiger partial charge >= 0.3 is 0 Å². The first kappa shape index (κ1) is 12.8. The van der Waals surface area contributed by atoms with Crippen molar-refractivity contribution in [1.29, 1.82) is 0 Å². The Morgan fingerprint density at radius 3 is 2.84 bits per heavy atom. The third kappa shape index (κ3) is 2.55. The highest BCUT2D eigenvalue weighted by atomic mass is 16.5. The van der Waals surface area contributed by atoms with Crippen molar-refractivity contribution in [2.24, 2.45) is 0 Å². The zero-order valence-corrected chi connectivity index (χ0v) is 11.5. The Morgan fingerprint density at radius 1 is 1.26 bits per heavy atom. The van der Waals surface area contributed by atoms with Crippen LogP contribution in [0.3, 0.4) is 0 Å². The highest BCUT2D eigenvalue weighted by Crippen LogP contribution is 2.36. The number of methoxy groups -OCH3 is 2. The van der Waals surface area contributed by atoms with E-state index in [-0.39, 0.29) is 0 Å². The Labute approximate surface area is 114 Å². The van der Waals surface area contributed by atoms with Crippen LogP contribution in [0.4, 0.5) is 0 Å². The lowest BCUT2D eigenvalue weighted by molar-refractivity contribution is 0.0126. The van der Waals surface area contributed by atoms with E-state index in [9.17, 15) is 0 Å². The molecule has 19 heavy (non-hydrogen) atoms. The summed E-state index contributed by atoms with van der Waals surface area (Å²) < 4.78 is 16.3. The van der Waals surface area contributed by atoms with E-state index >= 15 is 0 Å². The van der Waals surface area contributed by atoms with Gasteiger partial charge in [0.2, 0.25) is 0 Å². The second kappa shape index (κ2) is 5.39. The summed E-state index contributed by atoms with van der Waals surface area (Å²) in [7, 11) is 3.48. The third-order valence-corrected chi connectivity index (χ3v) is 4.12. The lowest BCUT2D eigenvalue weighted by Crippen LogP contribution is -2.47. The summed E-state index contributed by atoms with van der Waals surface area (Å²) in [5, 5.41) is 3.71. The minimum Gasteiger partial charge on any atom is -0.497 e. The van der Waals surface area contributed by atoms with Crippen LogP contribution >= 0.6 is 0 Å². The van der Waals surface area contributed by atoms with Crippen molar-refractivity contribution in [1.82, 2.24) is 5.32 Å². The molecule has 1 unspecified atom stereocenters. The van der Waals surface area contributed by atoms with Crippen LogP contribution in [0.15, 0.2) is 18.2 Å². The van der Waals surface area contributed by atoms with E-state index in [1.165, 1.54) is 5.56 Å². The lowest BCUT2D eigenvalue weighted by atomic mass is 9.87. The monoisotopic (exact) mass is 263 g/mol. The summed E-state index contributed by atoms with van der Waals surface area (Å²) in [5.41, 5.74) is 1.21. The van der Waals surface area contributed by atoms with Gasteiger partial charge in [-0.05, 0) is 31.0 Å². The molecule has 0 amide bonds. The van der Waals surface area contributed by atoms with Crippen molar-refractivity contribution in [2.75, 3.05) is 20.8 Å². The van der Waals surface area contributed by atoms with Gasteiger partial charge in [0, 0.05) is 31.2 Å². The third-order valence-electron chi connectivity index (χ3n) is 4.12. The van der Waals surface area contributed by atoms with E-state index in [0.717, 1.165) is 37.4 Å². The van der Waals surface area contributed by atoms with Crippen LogP contribution in [0.5, 0.6) is 11.5 Å². The van der Waals surface area contributed by atoms with Gasteiger partial charge < -0.3 is 19.5 Å². The molecule has 1 heterocycles. The normalized spacial score (nSPS) is 29.1. The van der Waals surface area contributed by atoms with Crippen LogP contribution in [0.1, 0.15) is 30.9 Å². The first-order valence-corrected chi connectivity index (χ1v) is 6.89. The van der Waals surface area contributed by atoms with Gasteiger partial charge in [0.15, 0.2) is 0 Å². The molecule has 1 aromatic carbocycles. The van der Waals surface area contributed by atoms with Crippen molar-refractivity contribution in [2.45, 2.75) is 37.5 Å². The average Bonchev–Trinajstić information content (AvgIpc) is 2.41.